The molecule has 3 nitrogen and oxygen atoms in total. The normalized spacial score (nSPS) is 9.18. The summed E-state index contributed by atoms with van der Waals surface area (Å²) in [4.78, 5) is 3.77. The highest BCUT2D eigenvalue weighted by Gasteiger charge is 2.07. The monoisotopic (exact) mass is 279 g/mol. The van der Waals surface area contributed by atoms with Crippen LogP contribution >= 0.6 is 34.2 Å². The lowest BCUT2D eigenvalue weighted by Gasteiger charge is -1.99. The molecule has 0 unspecified atom stereocenters. The van der Waals surface area contributed by atoms with Crippen molar-refractivity contribution in [1.29, 1.82) is 5.26 Å². The standard InChI is InChI=1S/C6H3ClIN3/c7-6-3(1-9)5(10)4(8)2-11-6/h2H,(H2,10,11). The van der Waals surface area contributed by atoms with E-state index in [0.717, 1.165) is 3.57 Å². The van der Waals surface area contributed by atoms with Gasteiger partial charge in [0.05, 0.1) is 9.26 Å². The maximum Gasteiger partial charge on any atom is 0.148 e. The van der Waals surface area contributed by atoms with Crippen LogP contribution in [0.5, 0.6) is 0 Å². The zero-order chi connectivity index (χ0) is 8.43. The van der Waals surface area contributed by atoms with Gasteiger partial charge in [0.2, 0.25) is 0 Å². The molecule has 0 aromatic carbocycles. The largest absolute Gasteiger partial charge is 0.397 e. The molecule has 2 N–H and O–H groups in total. The summed E-state index contributed by atoms with van der Waals surface area (Å²) in [7, 11) is 0. The molecule has 0 bridgehead atoms. The van der Waals surface area contributed by atoms with Crippen molar-refractivity contribution in [3.63, 3.8) is 0 Å². The highest BCUT2D eigenvalue weighted by Crippen LogP contribution is 2.23. The zero-order valence-corrected chi connectivity index (χ0v) is 8.22. The molecule has 0 spiro atoms. The Morgan fingerprint density at radius 2 is 2.36 bits per heavy atom. The maximum atomic E-state index is 8.57. The summed E-state index contributed by atoms with van der Waals surface area (Å²) in [5, 5.41) is 8.72. The predicted molar refractivity (Wildman–Crippen MR) is 51.1 cm³/mol. The fourth-order valence-electron chi connectivity index (χ4n) is 0.584. The van der Waals surface area contributed by atoms with Crippen LogP contribution in [-0.2, 0) is 0 Å². The zero-order valence-electron chi connectivity index (χ0n) is 5.31. The Hall–Kier alpha value is -0.540. The summed E-state index contributed by atoms with van der Waals surface area (Å²) >= 11 is 7.58. The van der Waals surface area contributed by atoms with Crippen molar-refractivity contribution < 1.29 is 0 Å². The number of nitrogen functional groups attached to an aromatic ring is 1. The van der Waals surface area contributed by atoms with E-state index in [0.29, 0.717) is 5.69 Å². The van der Waals surface area contributed by atoms with Crippen LogP contribution < -0.4 is 5.73 Å². The average molecular weight is 279 g/mol. The van der Waals surface area contributed by atoms with E-state index >= 15 is 0 Å². The minimum atomic E-state index is 0.158. The molecule has 56 valence electrons. The Labute approximate surface area is 82.3 Å². The molecule has 1 heterocycles. The van der Waals surface area contributed by atoms with E-state index in [2.05, 4.69) is 4.98 Å². The van der Waals surface area contributed by atoms with Gasteiger partial charge < -0.3 is 5.73 Å². The number of nitriles is 1. The Bertz CT molecular complexity index is 331. The van der Waals surface area contributed by atoms with Crippen molar-refractivity contribution in [3.8, 4) is 6.07 Å². The highest BCUT2D eigenvalue weighted by molar-refractivity contribution is 14.1. The summed E-state index contributed by atoms with van der Waals surface area (Å²) in [6, 6.07) is 1.88. The van der Waals surface area contributed by atoms with Gasteiger partial charge in [-0.25, -0.2) is 4.98 Å². The quantitative estimate of drug-likeness (QED) is 0.582. The molecule has 5 heteroatoms. The maximum absolute atomic E-state index is 8.57. The van der Waals surface area contributed by atoms with E-state index in [-0.39, 0.29) is 10.7 Å². The molecule has 11 heavy (non-hydrogen) atoms. The van der Waals surface area contributed by atoms with Crippen molar-refractivity contribution in [1.82, 2.24) is 4.98 Å². The van der Waals surface area contributed by atoms with Crippen LogP contribution in [0.1, 0.15) is 5.56 Å². The third-order valence-corrected chi connectivity index (χ3v) is 2.28. The van der Waals surface area contributed by atoms with Crippen LogP contribution in [0, 0.1) is 14.9 Å². The number of nitrogens with zero attached hydrogens (tertiary/aromatic N) is 2. The topological polar surface area (TPSA) is 62.7 Å². The van der Waals surface area contributed by atoms with Crippen molar-refractivity contribution in [2.75, 3.05) is 5.73 Å². The van der Waals surface area contributed by atoms with Crippen LogP contribution in [-0.4, -0.2) is 4.98 Å². The van der Waals surface area contributed by atoms with Crippen LogP contribution in [0.4, 0.5) is 5.69 Å². The molecule has 0 radical (unpaired) electrons. The summed E-state index contributed by atoms with van der Waals surface area (Å²) in [6.07, 6.45) is 1.53. The average Bonchev–Trinajstić information content (AvgIpc) is 1.99. The Balaban J connectivity index is 3.44. The third kappa shape index (κ3) is 1.54. The SMILES string of the molecule is N#Cc1c(Cl)ncc(I)c1N. The second-order valence-electron chi connectivity index (χ2n) is 1.80. The lowest BCUT2D eigenvalue weighted by molar-refractivity contribution is 1.28. The van der Waals surface area contributed by atoms with Crippen LogP contribution in [0.2, 0.25) is 5.15 Å². The molecule has 1 rings (SSSR count). The Kier molecular flexibility index (Phi) is 2.52. The second kappa shape index (κ2) is 3.24. The molecule has 0 saturated carbocycles. The number of aromatic nitrogens is 1. The Morgan fingerprint density at radius 1 is 1.73 bits per heavy atom. The van der Waals surface area contributed by atoms with Crippen LogP contribution in [0.15, 0.2) is 6.20 Å². The fourth-order valence-corrected chi connectivity index (χ4v) is 1.19. The number of nitrogens with two attached hydrogens (primary N) is 1. The highest BCUT2D eigenvalue weighted by atomic mass is 127. The lowest BCUT2D eigenvalue weighted by Crippen LogP contribution is -1.96. The van der Waals surface area contributed by atoms with Crippen LogP contribution in [0.3, 0.4) is 0 Å². The minimum Gasteiger partial charge on any atom is -0.397 e. The molecular formula is C6H3ClIN3. The van der Waals surface area contributed by atoms with E-state index in [1.807, 2.05) is 28.7 Å². The van der Waals surface area contributed by atoms with Crippen molar-refractivity contribution in [2.24, 2.45) is 0 Å². The molecule has 0 fully saturated rings. The molecule has 1 aromatic rings. The van der Waals surface area contributed by atoms with Gasteiger partial charge in [-0.3, -0.25) is 0 Å². The van der Waals surface area contributed by atoms with E-state index < -0.39 is 0 Å². The predicted octanol–water partition coefficient (Wildman–Crippen LogP) is 1.79. The van der Waals surface area contributed by atoms with Crippen molar-refractivity contribution in [2.45, 2.75) is 0 Å². The molecule has 0 saturated heterocycles. The van der Waals surface area contributed by atoms with Gasteiger partial charge in [-0.15, -0.1) is 0 Å². The Morgan fingerprint density at radius 3 is 2.82 bits per heavy atom. The molecule has 1 aromatic heterocycles. The molecule has 0 aliphatic rings. The summed E-state index contributed by atoms with van der Waals surface area (Å²) in [6.45, 7) is 0. The van der Waals surface area contributed by atoms with Gasteiger partial charge in [0.25, 0.3) is 0 Å². The minimum absolute atomic E-state index is 0.158. The summed E-state index contributed by atoms with van der Waals surface area (Å²) in [5.74, 6) is 0. The fraction of sp³-hybridized carbons (Fsp3) is 0. The number of halogens is 2. The van der Waals surface area contributed by atoms with Crippen LogP contribution in [0.25, 0.3) is 0 Å². The van der Waals surface area contributed by atoms with E-state index in [9.17, 15) is 0 Å². The first-order chi connectivity index (χ1) is 5.16. The van der Waals surface area contributed by atoms with Gasteiger partial charge >= 0.3 is 0 Å². The third-order valence-electron chi connectivity index (χ3n) is 1.14. The number of hydrogen-bond donors (Lipinski definition) is 1. The van der Waals surface area contributed by atoms with Gasteiger partial charge in [-0.05, 0) is 22.6 Å². The number of anilines is 1. The first kappa shape index (κ1) is 8.56. The van der Waals surface area contributed by atoms with Crippen molar-refractivity contribution >= 4 is 39.9 Å². The second-order valence-corrected chi connectivity index (χ2v) is 3.32. The number of hydrogen-bond acceptors (Lipinski definition) is 3. The summed E-state index contributed by atoms with van der Waals surface area (Å²) < 4.78 is 0.739. The van der Waals surface area contributed by atoms with E-state index in [1.165, 1.54) is 6.20 Å². The van der Waals surface area contributed by atoms with Gasteiger partial charge in [0, 0.05) is 6.20 Å². The lowest BCUT2D eigenvalue weighted by atomic mass is 10.3. The van der Waals surface area contributed by atoms with Gasteiger partial charge in [0.1, 0.15) is 16.8 Å². The molecule has 0 amide bonds. The number of pyridine rings is 1. The summed E-state index contributed by atoms with van der Waals surface area (Å²) in [5.41, 5.74) is 6.18. The van der Waals surface area contributed by atoms with Gasteiger partial charge in [0.15, 0.2) is 0 Å². The number of rotatable bonds is 0. The van der Waals surface area contributed by atoms with Gasteiger partial charge in [-0.1, -0.05) is 11.6 Å². The van der Waals surface area contributed by atoms with Crippen molar-refractivity contribution in [3.05, 3.63) is 20.5 Å². The molecular weight excluding hydrogens is 276 g/mol. The molecule has 0 aliphatic heterocycles. The van der Waals surface area contributed by atoms with E-state index in [1.54, 1.807) is 0 Å². The molecule has 0 atom stereocenters. The molecule has 0 aliphatic carbocycles. The van der Waals surface area contributed by atoms with Gasteiger partial charge in [-0.2, -0.15) is 5.26 Å². The smallest absolute Gasteiger partial charge is 0.148 e. The first-order valence-corrected chi connectivity index (χ1v) is 4.12. The van der Waals surface area contributed by atoms with E-state index in [4.69, 9.17) is 22.6 Å². The first-order valence-electron chi connectivity index (χ1n) is 2.66.